The normalized spacial score (nSPS) is 12.6. The number of carbonyl (C=O) groups is 2. The Balaban J connectivity index is 1.80. The number of hydrogen-bond acceptors (Lipinski definition) is 9. The lowest BCUT2D eigenvalue weighted by atomic mass is 10.2. The van der Waals surface area contributed by atoms with Gasteiger partial charge in [-0.2, -0.15) is 0 Å². The number of amides is 1. The van der Waals surface area contributed by atoms with E-state index in [1.54, 1.807) is 6.07 Å². The van der Waals surface area contributed by atoms with Crippen LogP contribution in [0.4, 0.5) is 11.5 Å². The van der Waals surface area contributed by atoms with Crippen LogP contribution in [0.15, 0.2) is 27.8 Å². The van der Waals surface area contributed by atoms with Crippen LogP contribution in [0.25, 0.3) is 0 Å². The molecule has 1 amide bonds. The van der Waals surface area contributed by atoms with Crippen LogP contribution in [0, 0.1) is 0 Å². The molecule has 0 fully saturated rings. The molecule has 0 bridgehead atoms. The Hall–Kier alpha value is -3.80. The summed E-state index contributed by atoms with van der Waals surface area (Å²) in [6.45, 7) is 2.55. The number of nitrogens with one attached hydrogen (secondary N) is 1. The van der Waals surface area contributed by atoms with E-state index < -0.39 is 29.7 Å². The second-order valence-corrected chi connectivity index (χ2v) is 7.82. The Kier molecular flexibility index (Phi) is 8.90. The molecule has 2 aromatic rings. The Morgan fingerprint density at radius 3 is 2.66 bits per heavy atom. The third-order valence-corrected chi connectivity index (χ3v) is 5.35. The third kappa shape index (κ3) is 6.21. The molecule has 1 aromatic carbocycles. The summed E-state index contributed by atoms with van der Waals surface area (Å²) in [6.07, 6.45) is 2.16. The largest absolute Gasteiger partial charge is 0.490 e. The number of aromatic amines is 1. The molecule has 1 aliphatic heterocycles. The SMILES string of the molecule is CCCCn1c(N)c(N(CCOC)C(=O)COC(=O)c2ccc3c(c2)OCCCO3)c(=O)[nH]c1=O. The molecule has 3 rings (SSSR count). The number of nitrogen functional groups attached to an aromatic ring is 1. The zero-order chi connectivity index (χ0) is 25.4. The molecule has 0 saturated heterocycles. The van der Waals surface area contributed by atoms with Crippen LogP contribution in [0.3, 0.4) is 0 Å². The molecule has 12 heteroatoms. The van der Waals surface area contributed by atoms with E-state index in [2.05, 4.69) is 4.98 Å². The smallest absolute Gasteiger partial charge is 0.338 e. The highest BCUT2D eigenvalue weighted by Crippen LogP contribution is 2.30. The number of rotatable bonds is 10. The molecule has 190 valence electrons. The van der Waals surface area contributed by atoms with Gasteiger partial charge >= 0.3 is 11.7 Å². The van der Waals surface area contributed by atoms with Gasteiger partial charge < -0.3 is 24.7 Å². The number of nitrogens with two attached hydrogens (primary N) is 1. The summed E-state index contributed by atoms with van der Waals surface area (Å²) in [4.78, 5) is 53.7. The summed E-state index contributed by atoms with van der Waals surface area (Å²) < 4.78 is 22.6. The highest BCUT2D eigenvalue weighted by atomic mass is 16.5. The number of aromatic nitrogens is 2. The Labute approximate surface area is 201 Å². The standard InChI is InChI=1S/C23H30N4O8/c1-3-4-8-27-20(24)19(21(29)25-23(27)31)26(9-12-32-2)18(28)14-35-22(30)15-6-7-16-17(13-15)34-11-5-10-33-16/h6-7,13H,3-5,8-12,14,24H2,1-2H3,(H,25,29,31). The lowest BCUT2D eigenvalue weighted by molar-refractivity contribution is -0.121. The van der Waals surface area contributed by atoms with E-state index >= 15 is 0 Å². The quantitative estimate of drug-likeness (QED) is 0.462. The summed E-state index contributed by atoms with van der Waals surface area (Å²) in [5.74, 6) is -0.670. The van der Waals surface area contributed by atoms with E-state index in [4.69, 9.17) is 24.7 Å². The van der Waals surface area contributed by atoms with Crippen molar-refractivity contribution >= 4 is 23.4 Å². The van der Waals surface area contributed by atoms with Crippen molar-refractivity contribution in [3.63, 3.8) is 0 Å². The maximum Gasteiger partial charge on any atom is 0.338 e. The molecule has 3 N–H and O–H groups in total. The van der Waals surface area contributed by atoms with Crippen molar-refractivity contribution in [3.8, 4) is 11.5 Å². The van der Waals surface area contributed by atoms with Gasteiger partial charge in [0.1, 0.15) is 5.82 Å². The fourth-order valence-corrected chi connectivity index (χ4v) is 3.50. The van der Waals surface area contributed by atoms with Crippen LogP contribution in [0.2, 0.25) is 0 Å². The first-order chi connectivity index (χ1) is 16.9. The van der Waals surface area contributed by atoms with Gasteiger partial charge in [-0.15, -0.1) is 0 Å². The predicted molar refractivity (Wildman–Crippen MR) is 127 cm³/mol. The summed E-state index contributed by atoms with van der Waals surface area (Å²) in [5, 5.41) is 0. The summed E-state index contributed by atoms with van der Waals surface area (Å²) >= 11 is 0. The molecule has 0 atom stereocenters. The molecule has 0 aliphatic carbocycles. The predicted octanol–water partition coefficient (Wildman–Crippen LogP) is 0.917. The van der Waals surface area contributed by atoms with Crippen LogP contribution >= 0.6 is 0 Å². The molecular formula is C23H30N4O8. The monoisotopic (exact) mass is 490 g/mol. The second kappa shape index (κ2) is 12.1. The molecule has 0 spiro atoms. The van der Waals surface area contributed by atoms with E-state index in [0.29, 0.717) is 37.6 Å². The molecule has 0 radical (unpaired) electrons. The molecule has 35 heavy (non-hydrogen) atoms. The Morgan fingerprint density at radius 1 is 1.20 bits per heavy atom. The van der Waals surface area contributed by atoms with Crippen LogP contribution in [-0.2, 0) is 20.8 Å². The second-order valence-electron chi connectivity index (χ2n) is 7.82. The van der Waals surface area contributed by atoms with Gasteiger partial charge in [-0.1, -0.05) is 13.3 Å². The maximum absolute atomic E-state index is 13.0. The minimum atomic E-state index is -0.820. The summed E-state index contributed by atoms with van der Waals surface area (Å²) in [6, 6.07) is 4.60. The van der Waals surface area contributed by atoms with Gasteiger partial charge in [0, 0.05) is 26.6 Å². The van der Waals surface area contributed by atoms with E-state index in [1.807, 2.05) is 6.92 Å². The first-order valence-electron chi connectivity index (χ1n) is 11.4. The van der Waals surface area contributed by atoms with Gasteiger partial charge in [-0.3, -0.25) is 24.0 Å². The number of carbonyl (C=O) groups excluding carboxylic acids is 2. The minimum Gasteiger partial charge on any atom is -0.490 e. The maximum atomic E-state index is 13.0. The fraction of sp³-hybridized carbons (Fsp3) is 0.478. The zero-order valence-electron chi connectivity index (χ0n) is 19.8. The van der Waals surface area contributed by atoms with Crippen LogP contribution in [0.1, 0.15) is 36.5 Å². The minimum absolute atomic E-state index is 0.0455. The average molecular weight is 491 g/mol. The lowest BCUT2D eigenvalue weighted by Gasteiger charge is -2.24. The van der Waals surface area contributed by atoms with E-state index in [-0.39, 0.29) is 36.8 Å². The number of unbranched alkanes of at least 4 members (excludes halogenated alkanes) is 1. The van der Waals surface area contributed by atoms with Gasteiger partial charge in [-0.05, 0) is 24.6 Å². The first-order valence-corrected chi connectivity index (χ1v) is 11.4. The van der Waals surface area contributed by atoms with Gasteiger partial charge in [0.15, 0.2) is 23.8 Å². The van der Waals surface area contributed by atoms with Crippen molar-refractivity contribution in [3.05, 3.63) is 44.6 Å². The number of esters is 1. The van der Waals surface area contributed by atoms with E-state index in [9.17, 15) is 19.2 Å². The lowest BCUT2D eigenvalue weighted by Crippen LogP contribution is -2.44. The van der Waals surface area contributed by atoms with E-state index in [0.717, 1.165) is 11.3 Å². The molecule has 0 unspecified atom stereocenters. The van der Waals surface area contributed by atoms with Crippen LogP contribution in [-0.4, -0.2) is 61.5 Å². The van der Waals surface area contributed by atoms with Gasteiger partial charge in [0.05, 0.1) is 25.4 Å². The number of ether oxygens (including phenoxy) is 4. The van der Waals surface area contributed by atoms with Crippen LogP contribution < -0.4 is 31.4 Å². The average Bonchev–Trinajstić information content (AvgIpc) is 3.09. The van der Waals surface area contributed by atoms with Gasteiger partial charge in [0.2, 0.25) is 0 Å². The number of nitrogens with zero attached hydrogens (tertiary/aromatic N) is 2. The van der Waals surface area contributed by atoms with Crippen molar-refractivity contribution in [2.75, 3.05) is 50.7 Å². The molecule has 1 aromatic heterocycles. The highest BCUT2D eigenvalue weighted by molar-refractivity contribution is 5.98. The number of fused-ring (bicyclic) bond motifs is 1. The number of anilines is 2. The first kappa shape index (κ1) is 25.8. The van der Waals surface area contributed by atoms with Crippen molar-refractivity contribution < 1.29 is 28.5 Å². The topological polar surface area (TPSA) is 155 Å². The van der Waals surface area contributed by atoms with E-state index in [1.165, 1.54) is 23.8 Å². The van der Waals surface area contributed by atoms with Crippen molar-refractivity contribution in [1.29, 1.82) is 0 Å². The van der Waals surface area contributed by atoms with Gasteiger partial charge in [-0.25, -0.2) is 9.59 Å². The molecule has 12 nitrogen and oxygen atoms in total. The highest BCUT2D eigenvalue weighted by Gasteiger charge is 2.25. The van der Waals surface area contributed by atoms with Crippen molar-refractivity contribution in [2.24, 2.45) is 0 Å². The Bertz CT molecular complexity index is 1170. The zero-order valence-corrected chi connectivity index (χ0v) is 19.8. The molecule has 0 saturated carbocycles. The van der Waals surface area contributed by atoms with Crippen LogP contribution in [0.5, 0.6) is 11.5 Å². The summed E-state index contributed by atoms with van der Waals surface area (Å²) in [7, 11) is 1.43. The number of methoxy groups -OCH3 is 1. The number of hydrogen-bond donors (Lipinski definition) is 2. The molecule has 2 heterocycles. The number of H-pyrrole nitrogens is 1. The van der Waals surface area contributed by atoms with Crippen molar-refractivity contribution in [1.82, 2.24) is 9.55 Å². The number of benzene rings is 1. The third-order valence-electron chi connectivity index (χ3n) is 5.35. The van der Waals surface area contributed by atoms with Gasteiger partial charge in [0.25, 0.3) is 11.5 Å². The molecule has 1 aliphatic rings. The fourth-order valence-electron chi connectivity index (χ4n) is 3.50. The Morgan fingerprint density at radius 2 is 1.94 bits per heavy atom. The summed E-state index contributed by atoms with van der Waals surface area (Å²) in [5.41, 5.74) is 4.63. The molecular weight excluding hydrogens is 460 g/mol. The van der Waals surface area contributed by atoms with Crippen molar-refractivity contribution in [2.45, 2.75) is 32.7 Å².